The van der Waals surface area contributed by atoms with E-state index in [1.54, 1.807) is 5.57 Å². The summed E-state index contributed by atoms with van der Waals surface area (Å²) in [5, 5.41) is 0. The second kappa shape index (κ2) is 13.1. The van der Waals surface area contributed by atoms with E-state index in [0.717, 1.165) is 42.4 Å². The van der Waals surface area contributed by atoms with Crippen LogP contribution in [0.3, 0.4) is 0 Å². The summed E-state index contributed by atoms with van der Waals surface area (Å²) in [6, 6.07) is 0. The molecule has 3 saturated carbocycles. The lowest BCUT2D eigenvalue weighted by Crippen LogP contribution is -2.46. The maximum atomic E-state index is 10.8. The molecule has 6 unspecified atom stereocenters. The molecule has 38 heavy (non-hydrogen) atoms. The lowest BCUT2D eigenvalue weighted by Gasteiger charge is -2.55. The third kappa shape index (κ3) is 7.17. The van der Waals surface area contributed by atoms with Gasteiger partial charge >= 0.3 is 0 Å². The molecule has 0 aromatic rings. The van der Waals surface area contributed by atoms with Gasteiger partial charge in [-0.15, -0.1) is 0 Å². The molecule has 0 aromatic heterocycles. The smallest absolute Gasteiger partial charge is 0.293 e. The molecule has 6 atom stereocenters. The van der Waals surface area contributed by atoms with E-state index >= 15 is 0 Å². The number of hydrogen-bond acceptors (Lipinski definition) is 2. The van der Waals surface area contributed by atoms with E-state index in [0.29, 0.717) is 22.7 Å². The molecule has 0 N–H and O–H groups in total. The number of carbonyl (C=O) groups is 1. The fourth-order valence-electron chi connectivity index (χ4n) is 8.94. The second-order valence-electron chi connectivity index (χ2n) is 15.6. The molecule has 0 aliphatic heterocycles. The molecular formula is C36H62O2. The van der Waals surface area contributed by atoms with Crippen molar-refractivity contribution >= 4 is 6.47 Å². The topological polar surface area (TPSA) is 26.3 Å². The zero-order chi connectivity index (χ0) is 28.1. The standard InChI is InChI=1S/C27H42O2.C9H20/c1-19(2)7-5-6-8-20-10-12-24-23-11-9-21-17-22(29-18-28)13-15-27(21,4)25(23)14-16-26(20,24)3;1-6-9(4,5)7-8(2)3/h9,11,18-20,22,24-25H,5-8,10,12-17H2,1-4H3;8H,6-7H2,1-5H3. The molecular weight excluding hydrogens is 464 g/mol. The molecule has 0 radical (unpaired) electrons. The summed E-state index contributed by atoms with van der Waals surface area (Å²) in [6.07, 6.45) is 22.1. The Kier molecular flexibility index (Phi) is 10.8. The Morgan fingerprint density at radius 2 is 1.71 bits per heavy atom. The summed E-state index contributed by atoms with van der Waals surface area (Å²) < 4.78 is 5.33. The summed E-state index contributed by atoms with van der Waals surface area (Å²) in [6.45, 7) is 22.0. The molecule has 0 saturated heterocycles. The van der Waals surface area contributed by atoms with Crippen LogP contribution in [-0.4, -0.2) is 12.6 Å². The predicted molar refractivity (Wildman–Crippen MR) is 163 cm³/mol. The van der Waals surface area contributed by atoms with E-state index in [9.17, 15) is 4.79 Å². The highest BCUT2D eigenvalue weighted by molar-refractivity contribution is 5.41. The van der Waals surface area contributed by atoms with Crippen molar-refractivity contribution in [2.24, 2.45) is 45.8 Å². The highest BCUT2D eigenvalue weighted by Gasteiger charge is 2.56. The minimum atomic E-state index is 0.0948. The Labute approximate surface area is 236 Å². The molecule has 0 amide bonds. The van der Waals surface area contributed by atoms with Gasteiger partial charge in [-0.2, -0.15) is 0 Å². The SMILES string of the molecule is CC(C)CCCCC1CCC2C3=CC=C4CC(OC=O)CCC4(C)C3CCC12C.CCC(C)(C)CC(C)C. The first kappa shape index (κ1) is 31.5. The number of hydrogen-bond donors (Lipinski definition) is 0. The average molecular weight is 527 g/mol. The van der Waals surface area contributed by atoms with Crippen molar-refractivity contribution in [1.82, 2.24) is 0 Å². The highest BCUT2D eigenvalue weighted by Crippen LogP contribution is 2.65. The zero-order valence-corrected chi connectivity index (χ0v) is 26.7. The molecule has 2 nitrogen and oxygen atoms in total. The maximum absolute atomic E-state index is 10.8. The molecule has 218 valence electrons. The van der Waals surface area contributed by atoms with Gasteiger partial charge in [0.1, 0.15) is 6.10 Å². The van der Waals surface area contributed by atoms with E-state index in [-0.39, 0.29) is 6.10 Å². The monoisotopic (exact) mass is 526 g/mol. The summed E-state index contributed by atoms with van der Waals surface area (Å²) in [7, 11) is 0. The Morgan fingerprint density at radius 1 is 0.974 bits per heavy atom. The number of rotatable bonds is 10. The van der Waals surface area contributed by atoms with E-state index in [2.05, 4.69) is 74.5 Å². The van der Waals surface area contributed by atoms with E-state index in [4.69, 9.17) is 4.74 Å². The van der Waals surface area contributed by atoms with Crippen LogP contribution in [0, 0.1) is 45.8 Å². The quantitative estimate of drug-likeness (QED) is 0.209. The molecule has 0 spiro atoms. The van der Waals surface area contributed by atoms with Gasteiger partial charge in [0.15, 0.2) is 0 Å². The number of carbonyl (C=O) groups excluding carboxylic acids is 1. The van der Waals surface area contributed by atoms with Crippen LogP contribution in [0.4, 0.5) is 0 Å². The summed E-state index contributed by atoms with van der Waals surface area (Å²) >= 11 is 0. The molecule has 4 rings (SSSR count). The van der Waals surface area contributed by atoms with Gasteiger partial charge in [-0.05, 0) is 97.2 Å². The van der Waals surface area contributed by atoms with Gasteiger partial charge < -0.3 is 4.74 Å². The number of fused-ring (bicyclic) bond motifs is 5. The Morgan fingerprint density at radius 3 is 2.32 bits per heavy atom. The van der Waals surface area contributed by atoms with Crippen LogP contribution in [0.5, 0.6) is 0 Å². The first-order valence-electron chi connectivity index (χ1n) is 16.4. The van der Waals surface area contributed by atoms with E-state index in [1.807, 2.05) is 0 Å². The average Bonchev–Trinajstić information content (AvgIpc) is 3.18. The lowest BCUT2D eigenvalue weighted by molar-refractivity contribution is -0.135. The summed E-state index contributed by atoms with van der Waals surface area (Å²) in [5.41, 5.74) is 4.71. The van der Waals surface area contributed by atoms with Crippen LogP contribution < -0.4 is 0 Å². The van der Waals surface area contributed by atoms with Crippen molar-refractivity contribution in [1.29, 1.82) is 0 Å². The highest BCUT2D eigenvalue weighted by atomic mass is 16.5. The largest absolute Gasteiger partial charge is 0.464 e. The van der Waals surface area contributed by atoms with Gasteiger partial charge in [-0.1, -0.05) is 111 Å². The second-order valence-corrected chi connectivity index (χ2v) is 15.6. The van der Waals surface area contributed by atoms with Gasteiger partial charge in [0.2, 0.25) is 0 Å². The van der Waals surface area contributed by atoms with Crippen molar-refractivity contribution in [2.75, 3.05) is 0 Å². The molecule has 0 heterocycles. The van der Waals surface area contributed by atoms with Crippen LogP contribution in [0.15, 0.2) is 23.3 Å². The third-order valence-corrected chi connectivity index (χ3v) is 11.5. The van der Waals surface area contributed by atoms with Gasteiger partial charge in [0.25, 0.3) is 6.47 Å². The van der Waals surface area contributed by atoms with Crippen LogP contribution in [-0.2, 0) is 9.53 Å². The van der Waals surface area contributed by atoms with Crippen molar-refractivity contribution < 1.29 is 9.53 Å². The zero-order valence-electron chi connectivity index (χ0n) is 26.7. The first-order chi connectivity index (χ1) is 17.9. The summed E-state index contributed by atoms with van der Waals surface area (Å²) in [4.78, 5) is 10.8. The third-order valence-electron chi connectivity index (χ3n) is 11.5. The van der Waals surface area contributed by atoms with Crippen molar-refractivity contribution in [3.8, 4) is 0 Å². The van der Waals surface area contributed by atoms with E-state index in [1.165, 1.54) is 76.2 Å². The number of allylic oxidation sites excluding steroid dienone is 3. The Bertz CT molecular complexity index is 832. The maximum Gasteiger partial charge on any atom is 0.293 e. The van der Waals surface area contributed by atoms with Crippen LogP contribution in [0.2, 0.25) is 0 Å². The van der Waals surface area contributed by atoms with Crippen molar-refractivity contribution in [3.63, 3.8) is 0 Å². The molecule has 4 aliphatic rings. The fraction of sp³-hybridized carbons (Fsp3) is 0.861. The predicted octanol–water partition coefficient (Wildman–Crippen LogP) is 10.7. The van der Waals surface area contributed by atoms with Gasteiger partial charge in [-0.25, -0.2) is 0 Å². The molecule has 2 heteroatoms. The van der Waals surface area contributed by atoms with Gasteiger partial charge in [0, 0.05) is 6.42 Å². The molecule has 0 bridgehead atoms. The Hall–Kier alpha value is -1.05. The molecule has 4 aliphatic carbocycles. The van der Waals surface area contributed by atoms with Crippen LogP contribution in [0.25, 0.3) is 0 Å². The van der Waals surface area contributed by atoms with E-state index < -0.39 is 0 Å². The van der Waals surface area contributed by atoms with Crippen molar-refractivity contribution in [3.05, 3.63) is 23.3 Å². The lowest BCUT2D eigenvalue weighted by atomic mass is 9.50. The fourth-order valence-corrected chi connectivity index (χ4v) is 8.94. The van der Waals surface area contributed by atoms with Crippen molar-refractivity contribution in [2.45, 2.75) is 152 Å². The minimum Gasteiger partial charge on any atom is -0.464 e. The molecule has 3 fully saturated rings. The number of unbranched alkanes of at least 4 members (excludes halogenated alkanes) is 1. The van der Waals surface area contributed by atoms with Crippen LogP contribution >= 0.6 is 0 Å². The Balaban J connectivity index is 0.000000383. The van der Waals surface area contributed by atoms with Gasteiger partial charge in [0.05, 0.1) is 0 Å². The first-order valence-corrected chi connectivity index (χ1v) is 16.4. The summed E-state index contributed by atoms with van der Waals surface area (Å²) in [5.74, 6) is 4.14. The van der Waals surface area contributed by atoms with Gasteiger partial charge in [-0.3, -0.25) is 4.79 Å². The molecule has 0 aromatic carbocycles. The minimum absolute atomic E-state index is 0.0948. The number of ether oxygens (including phenoxy) is 1. The van der Waals surface area contributed by atoms with Crippen LogP contribution in [0.1, 0.15) is 146 Å². The normalized spacial score (nSPS) is 34.4.